The highest BCUT2D eigenvalue weighted by atomic mass is 35.5. The number of β-lactam (4-membered cyclic amide) rings is 1. The normalized spacial score (nSPS) is 18.6. The van der Waals surface area contributed by atoms with Gasteiger partial charge < -0.3 is 14.4 Å². The summed E-state index contributed by atoms with van der Waals surface area (Å²) in [7, 11) is 2.91. The molecule has 1 saturated heterocycles. The van der Waals surface area contributed by atoms with Gasteiger partial charge in [-0.1, -0.05) is 58.5 Å². The summed E-state index contributed by atoms with van der Waals surface area (Å²) in [6, 6.07) is 7.01. The number of carbonyl (C=O) groups excluding carboxylic acids is 3. The minimum atomic E-state index is -1.31. The van der Waals surface area contributed by atoms with Gasteiger partial charge in [-0.25, -0.2) is 4.39 Å². The molecular formula is C26H17Cl4FN2O5. The van der Waals surface area contributed by atoms with E-state index in [0.29, 0.717) is 22.6 Å². The summed E-state index contributed by atoms with van der Waals surface area (Å²) in [6.07, 6.45) is 0. The van der Waals surface area contributed by atoms with Crippen LogP contribution in [0.25, 0.3) is 0 Å². The fourth-order valence-electron chi connectivity index (χ4n) is 4.73. The summed E-state index contributed by atoms with van der Waals surface area (Å²) in [5.74, 6) is -2.07. The number of hydrogen-bond acceptors (Lipinski definition) is 5. The summed E-state index contributed by atoms with van der Waals surface area (Å²) >= 11 is 24.8. The van der Waals surface area contributed by atoms with Gasteiger partial charge in [0.25, 0.3) is 17.7 Å². The van der Waals surface area contributed by atoms with Gasteiger partial charge in [0.15, 0.2) is 11.5 Å². The molecule has 3 aromatic rings. The van der Waals surface area contributed by atoms with Crippen molar-refractivity contribution in [2.75, 3.05) is 19.1 Å². The van der Waals surface area contributed by atoms with Gasteiger partial charge in [0.1, 0.15) is 11.9 Å². The SMILES string of the molecule is COc1ccc(C2C(N3C(=O)c4c(Cl)c(Cl)c(Cl)c(Cl)c4C3=O)C(=O)N2c2ccc(C)c(F)c2)cc1OC. The lowest BCUT2D eigenvalue weighted by Gasteiger charge is -2.49. The number of benzene rings is 3. The van der Waals surface area contributed by atoms with E-state index in [1.807, 2.05) is 0 Å². The van der Waals surface area contributed by atoms with Gasteiger partial charge >= 0.3 is 0 Å². The van der Waals surface area contributed by atoms with Crippen LogP contribution in [-0.4, -0.2) is 42.9 Å². The van der Waals surface area contributed by atoms with E-state index in [2.05, 4.69) is 0 Å². The number of amides is 3. The first kappa shape index (κ1) is 26.6. The molecule has 0 N–H and O–H groups in total. The Kier molecular flexibility index (Phi) is 6.72. The van der Waals surface area contributed by atoms with Gasteiger partial charge in [-0.05, 0) is 42.3 Å². The topological polar surface area (TPSA) is 76.2 Å². The smallest absolute Gasteiger partial charge is 0.264 e. The number of rotatable bonds is 5. The van der Waals surface area contributed by atoms with E-state index in [-0.39, 0.29) is 36.9 Å². The third kappa shape index (κ3) is 3.73. The summed E-state index contributed by atoms with van der Waals surface area (Å²) in [4.78, 5) is 42.8. The molecule has 38 heavy (non-hydrogen) atoms. The predicted octanol–water partition coefficient (Wildman–Crippen LogP) is 6.52. The number of carbonyl (C=O) groups is 3. The summed E-state index contributed by atoms with van der Waals surface area (Å²) in [5.41, 5.74) is 0.648. The number of fused-ring (bicyclic) bond motifs is 1. The van der Waals surface area contributed by atoms with Crippen LogP contribution in [0.5, 0.6) is 11.5 Å². The van der Waals surface area contributed by atoms with E-state index in [9.17, 15) is 18.8 Å². The molecule has 2 atom stereocenters. The van der Waals surface area contributed by atoms with Gasteiger partial charge in [-0.3, -0.25) is 19.3 Å². The number of imide groups is 1. The molecule has 2 aliphatic heterocycles. The standard InChI is InChI=1S/C26H17Cl4FN2O5/c1-10-4-6-12(9-13(10)31)32-22(11-5-7-14(37-2)15(8-11)38-3)23(26(32)36)33-24(34)16-17(25(33)35)19(28)21(30)20(29)18(16)27/h4-9,22-23H,1-3H3. The van der Waals surface area contributed by atoms with Crippen molar-refractivity contribution in [3.05, 3.63) is 84.6 Å². The van der Waals surface area contributed by atoms with Crippen LogP contribution < -0.4 is 14.4 Å². The monoisotopic (exact) mass is 596 g/mol. The Balaban J connectivity index is 1.66. The van der Waals surface area contributed by atoms with E-state index in [4.69, 9.17) is 55.9 Å². The van der Waals surface area contributed by atoms with Crippen molar-refractivity contribution in [2.45, 2.75) is 19.0 Å². The van der Waals surface area contributed by atoms with Gasteiger partial charge in [-0.2, -0.15) is 0 Å². The molecule has 0 bridgehead atoms. The van der Waals surface area contributed by atoms with Crippen LogP contribution in [0.15, 0.2) is 36.4 Å². The van der Waals surface area contributed by atoms with Crippen molar-refractivity contribution >= 4 is 69.8 Å². The van der Waals surface area contributed by atoms with Crippen LogP contribution in [-0.2, 0) is 4.79 Å². The zero-order chi connectivity index (χ0) is 27.6. The predicted molar refractivity (Wildman–Crippen MR) is 142 cm³/mol. The molecule has 7 nitrogen and oxygen atoms in total. The maximum Gasteiger partial charge on any atom is 0.264 e. The highest BCUT2D eigenvalue weighted by Gasteiger charge is 2.58. The van der Waals surface area contributed by atoms with Crippen LogP contribution in [0.2, 0.25) is 20.1 Å². The first-order valence-corrected chi connectivity index (χ1v) is 12.6. The molecule has 0 radical (unpaired) electrons. The first-order chi connectivity index (χ1) is 18.0. The fraction of sp³-hybridized carbons (Fsp3) is 0.192. The highest BCUT2D eigenvalue weighted by molar-refractivity contribution is 6.55. The zero-order valence-corrected chi connectivity index (χ0v) is 23.0. The van der Waals surface area contributed by atoms with E-state index < -0.39 is 35.6 Å². The maximum absolute atomic E-state index is 14.5. The minimum Gasteiger partial charge on any atom is -0.493 e. The molecule has 2 heterocycles. The van der Waals surface area contributed by atoms with Gasteiger partial charge in [0, 0.05) is 5.69 Å². The van der Waals surface area contributed by atoms with Crippen molar-refractivity contribution in [2.24, 2.45) is 0 Å². The van der Waals surface area contributed by atoms with Crippen LogP contribution in [0.3, 0.4) is 0 Å². The minimum absolute atomic E-state index is 0.187. The second-order valence-corrected chi connectivity index (χ2v) is 10.1. The van der Waals surface area contributed by atoms with Crippen molar-refractivity contribution in [3.8, 4) is 11.5 Å². The Morgan fingerprint density at radius 1 is 0.737 bits per heavy atom. The van der Waals surface area contributed by atoms with E-state index >= 15 is 0 Å². The number of halogens is 5. The van der Waals surface area contributed by atoms with Crippen molar-refractivity contribution in [1.29, 1.82) is 0 Å². The molecule has 1 fully saturated rings. The Hall–Kier alpha value is -3.04. The molecule has 2 aliphatic rings. The molecule has 0 saturated carbocycles. The van der Waals surface area contributed by atoms with Gasteiger partial charge in [-0.15, -0.1) is 0 Å². The third-order valence-electron chi connectivity index (χ3n) is 6.66. The molecule has 0 aliphatic carbocycles. The summed E-state index contributed by atoms with van der Waals surface area (Å²) in [5, 5.41) is -0.867. The average molecular weight is 598 g/mol. The molecule has 2 unspecified atom stereocenters. The van der Waals surface area contributed by atoms with Crippen LogP contribution in [0.4, 0.5) is 10.1 Å². The van der Waals surface area contributed by atoms with Crippen LogP contribution in [0.1, 0.15) is 37.9 Å². The van der Waals surface area contributed by atoms with Gasteiger partial charge in [0.05, 0.1) is 51.5 Å². The number of anilines is 1. The number of hydrogen-bond donors (Lipinski definition) is 0. The van der Waals surface area contributed by atoms with E-state index in [1.54, 1.807) is 31.2 Å². The largest absolute Gasteiger partial charge is 0.493 e. The molecular weight excluding hydrogens is 581 g/mol. The Morgan fingerprint density at radius 3 is 1.84 bits per heavy atom. The molecule has 0 aromatic heterocycles. The fourth-order valence-corrected chi connectivity index (χ4v) is 5.75. The summed E-state index contributed by atoms with van der Waals surface area (Å²) in [6.45, 7) is 1.59. The van der Waals surface area contributed by atoms with Crippen molar-refractivity contribution < 1.29 is 28.2 Å². The summed E-state index contributed by atoms with van der Waals surface area (Å²) < 4.78 is 25.2. The maximum atomic E-state index is 14.5. The highest BCUT2D eigenvalue weighted by Crippen LogP contribution is 2.50. The lowest BCUT2D eigenvalue weighted by molar-refractivity contribution is -0.130. The molecule has 5 rings (SSSR count). The Morgan fingerprint density at radius 2 is 1.32 bits per heavy atom. The van der Waals surface area contributed by atoms with E-state index in [0.717, 1.165) is 4.90 Å². The molecule has 3 aromatic carbocycles. The lowest BCUT2D eigenvalue weighted by Crippen LogP contribution is -2.67. The Bertz CT molecular complexity index is 1520. The number of aryl methyl sites for hydroxylation is 1. The van der Waals surface area contributed by atoms with E-state index in [1.165, 1.54) is 31.3 Å². The molecule has 0 spiro atoms. The van der Waals surface area contributed by atoms with Crippen LogP contribution >= 0.6 is 46.4 Å². The molecule has 3 amide bonds. The number of nitrogens with zero attached hydrogens (tertiary/aromatic N) is 2. The third-order valence-corrected chi connectivity index (χ3v) is 8.46. The Labute approximate surface area is 236 Å². The quantitative estimate of drug-likeness (QED) is 0.145. The first-order valence-electron chi connectivity index (χ1n) is 11.1. The second kappa shape index (κ2) is 9.61. The van der Waals surface area contributed by atoms with Crippen LogP contribution in [0, 0.1) is 12.7 Å². The molecule has 196 valence electrons. The number of methoxy groups -OCH3 is 2. The zero-order valence-electron chi connectivity index (χ0n) is 19.9. The van der Waals surface area contributed by atoms with Gasteiger partial charge in [0.2, 0.25) is 0 Å². The molecule has 12 heteroatoms. The average Bonchev–Trinajstić information content (AvgIpc) is 3.16. The lowest BCUT2D eigenvalue weighted by atomic mass is 9.86. The van der Waals surface area contributed by atoms with Crippen molar-refractivity contribution in [3.63, 3.8) is 0 Å². The van der Waals surface area contributed by atoms with Crippen molar-refractivity contribution in [1.82, 2.24) is 4.90 Å². The second-order valence-electron chi connectivity index (χ2n) is 8.63. The number of ether oxygens (including phenoxy) is 2.